The van der Waals surface area contributed by atoms with Gasteiger partial charge in [0.2, 0.25) is 17.7 Å². The van der Waals surface area contributed by atoms with Crippen LogP contribution in [0.4, 0.5) is 0 Å². The highest BCUT2D eigenvalue weighted by atomic mass is 16.4. The van der Waals surface area contributed by atoms with E-state index in [4.69, 9.17) is 17.2 Å². The Labute approximate surface area is 201 Å². The topological polar surface area (TPSA) is 206 Å². The molecule has 1 aliphatic heterocycles. The van der Waals surface area contributed by atoms with E-state index in [0.717, 1.165) is 0 Å². The van der Waals surface area contributed by atoms with Crippen LogP contribution >= 0.6 is 0 Å². The first kappa shape index (κ1) is 29.1. The summed E-state index contributed by atoms with van der Waals surface area (Å²) in [7, 11) is 0. The van der Waals surface area contributed by atoms with Crippen molar-refractivity contribution in [1.82, 2.24) is 15.5 Å². The van der Waals surface area contributed by atoms with Gasteiger partial charge in [-0.05, 0) is 37.5 Å². The zero-order valence-electron chi connectivity index (χ0n) is 20.6. The average molecular weight is 484 g/mol. The van der Waals surface area contributed by atoms with Gasteiger partial charge in [-0.25, -0.2) is 4.79 Å². The van der Waals surface area contributed by atoms with Crippen molar-refractivity contribution in [2.45, 2.75) is 84.0 Å². The number of rotatable bonds is 13. The number of amides is 3. The molecule has 12 heteroatoms. The zero-order chi connectivity index (χ0) is 26.0. The molecule has 1 aliphatic rings. The van der Waals surface area contributed by atoms with E-state index in [2.05, 4.69) is 15.6 Å². The Morgan fingerprint density at radius 2 is 1.79 bits per heavy atom. The van der Waals surface area contributed by atoms with Gasteiger partial charge >= 0.3 is 5.97 Å². The Kier molecular flexibility index (Phi) is 11.8. The van der Waals surface area contributed by atoms with Crippen LogP contribution in [0, 0.1) is 11.8 Å². The number of aliphatic imine (C=N–C) groups is 1. The number of hydrogen-bond donors (Lipinski definition) is 6. The molecule has 3 amide bonds. The maximum absolute atomic E-state index is 13.4. The molecule has 5 unspecified atom stereocenters. The van der Waals surface area contributed by atoms with Gasteiger partial charge in [-0.15, -0.1) is 0 Å². The van der Waals surface area contributed by atoms with Crippen LogP contribution in [0.3, 0.4) is 0 Å². The van der Waals surface area contributed by atoms with E-state index in [0.29, 0.717) is 32.2 Å². The Balaban J connectivity index is 3.01. The molecule has 194 valence electrons. The van der Waals surface area contributed by atoms with Crippen LogP contribution in [0.25, 0.3) is 0 Å². The van der Waals surface area contributed by atoms with Crippen molar-refractivity contribution in [2.75, 3.05) is 13.1 Å². The lowest BCUT2D eigenvalue weighted by molar-refractivity contribution is -0.146. The molecule has 0 radical (unpaired) electrons. The number of carboxylic acids is 1. The van der Waals surface area contributed by atoms with Gasteiger partial charge in [-0.3, -0.25) is 19.4 Å². The molecule has 9 N–H and O–H groups in total. The third-order valence-electron chi connectivity index (χ3n) is 6.20. The molecule has 0 aromatic carbocycles. The molecule has 1 heterocycles. The smallest absolute Gasteiger partial charge is 0.326 e. The lowest BCUT2D eigenvalue weighted by Gasteiger charge is -2.31. The maximum atomic E-state index is 13.4. The van der Waals surface area contributed by atoms with E-state index in [1.807, 2.05) is 6.92 Å². The lowest BCUT2D eigenvalue weighted by Crippen LogP contribution is -2.57. The molecule has 1 saturated heterocycles. The van der Waals surface area contributed by atoms with E-state index in [1.165, 1.54) is 4.90 Å². The first-order valence-electron chi connectivity index (χ1n) is 11.9. The molecule has 0 bridgehead atoms. The molecule has 12 nitrogen and oxygen atoms in total. The van der Waals surface area contributed by atoms with Crippen LogP contribution in [-0.4, -0.2) is 76.9 Å². The predicted molar refractivity (Wildman–Crippen MR) is 128 cm³/mol. The number of nitrogens with zero attached hydrogens (tertiary/aromatic N) is 2. The van der Waals surface area contributed by atoms with Gasteiger partial charge < -0.3 is 37.8 Å². The van der Waals surface area contributed by atoms with Crippen LogP contribution in [0.15, 0.2) is 4.99 Å². The monoisotopic (exact) mass is 483 g/mol. The number of nitrogens with two attached hydrogens (primary N) is 3. The normalized spacial score (nSPS) is 19.1. The lowest BCUT2D eigenvalue weighted by atomic mass is 9.98. The van der Waals surface area contributed by atoms with Crippen molar-refractivity contribution in [3.8, 4) is 0 Å². The summed E-state index contributed by atoms with van der Waals surface area (Å²) in [4.78, 5) is 55.9. The SMILES string of the molecule is CCC(C)C(NC(=O)C1CCCN1C(=O)C(CCCN=C(N)N)NC(=O)C(N)C(C)C)C(=O)O. The number of guanidine groups is 1. The summed E-state index contributed by atoms with van der Waals surface area (Å²) in [6.07, 6.45) is 2.24. The van der Waals surface area contributed by atoms with Crippen molar-refractivity contribution in [3.05, 3.63) is 0 Å². The summed E-state index contributed by atoms with van der Waals surface area (Å²) < 4.78 is 0. The first-order chi connectivity index (χ1) is 15.9. The summed E-state index contributed by atoms with van der Waals surface area (Å²) in [5.41, 5.74) is 16.6. The van der Waals surface area contributed by atoms with E-state index in [9.17, 15) is 24.3 Å². The van der Waals surface area contributed by atoms with Crippen molar-refractivity contribution >= 4 is 29.7 Å². The van der Waals surface area contributed by atoms with Crippen molar-refractivity contribution in [2.24, 2.45) is 34.0 Å². The number of carbonyl (C=O) groups excluding carboxylic acids is 3. The van der Waals surface area contributed by atoms with Gasteiger partial charge in [0, 0.05) is 13.1 Å². The summed E-state index contributed by atoms with van der Waals surface area (Å²) in [5, 5.41) is 14.8. The Bertz CT molecular complexity index is 754. The van der Waals surface area contributed by atoms with E-state index in [1.54, 1.807) is 20.8 Å². The number of hydrogen-bond acceptors (Lipinski definition) is 6. The van der Waals surface area contributed by atoms with Crippen LogP contribution in [0.1, 0.15) is 59.8 Å². The minimum Gasteiger partial charge on any atom is -0.480 e. The second-order valence-corrected chi connectivity index (χ2v) is 9.18. The summed E-state index contributed by atoms with van der Waals surface area (Å²) in [6, 6.07) is -3.56. The van der Waals surface area contributed by atoms with Crippen molar-refractivity contribution in [1.29, 1.82) is 0 Å². The summed E-state index contributed by atoms with van der Waals surface area (Å²) >= 11 is 0. The third-order valence-corrected chi connectivity index (χ3v) is 6.20. The first-order valence-corrected chi connectivity index (χ1v) is 11.9. The largest absolute Gasteiger partial charge is 0.480 e. The summed E-state index contributed by atoms with van der Waals surface area (Å²) in [5.74, 6) is -2.98. The molecule has 0 aromatic rings. The molecule has 0 aromatic heterocycles. The second kappa shape index (κ2) is 13.7. The highest BCUT2D eigenvalue weighted by Crippen LogP contribution is 2.21. The number of nitrogens with one attached hydrogen (secondary N) is 2. The standard InChI is InChI=1S/C22H41N7O5/c1-5-13(4)17(21(33)34)28-18(30)15-9-7-11-29(15)20(32)14(8-6-10-26-22(24)25)27-19(31)16(23)12(2)3/h12-17H,5-11,23H2,1-4H3,(H,27,31)(H,28,30)(H,33,34)(H4,24,25,26). The molecular weight excluding hydrogens is 442 g/mol. The number of carboxylic acid groups (broad SMARTS) is 1. The maximum Gasteiger partial charge on any atom is 0.326 e. The van der Waals surface area contributed by atoms with Crippen LogP contribution in [-0.2, 0) is 19.2 Å². The van der Waals surface area contributed by atoms with Crippen LogP contribution in [0.2, 0.25) is 0 Å². The fourth-order valence-electron chi connectivity index (χ4n) is 3.77. The minimum absolute atomic E-state index is 0.0701. The predicted octanol–water partition coefficient (Wildman–Crippen LogP) is -0.885. The van der Waals surface area contributed by atoms with Gasteiger partial charge in [0.15, 0.2) is 5.96 Å². The Morgan fingerprint density at radius 3 is 2.32 bits per heavy atom. The number of carbonyl (C=O) groups is 4. The van der Waals surface area contributed by atoms with Crippen LogP contribution in [0.5, 0.6) is 0 Å². The minimum atomic E-state index is -1.12. The fourth-order valence-corrected chi connectivity index (χ4v) is 3.77. The van der Waals surface area contributed by atoms with E-state index < -0.39 is 47.9 Å². The quantitative estimate of drug-likeness (QED) is 0.110. The highest BCUT2D eigenvalue weighted by molar-refractivity contribution is 5.94. The molecular formula is C22H41N7O5. The van der Waals surface area contributed by atoms with Crippen molar-refractivity contribution in [3.63, 3.8) is 0 Å². The number of aliphatic carboxylic acids is 1. The van der Waals surface area contributed by atoms with Gasteiger partial charge in [0.05, 0.1) is 6.04 Å². The number of likely N-dealkylation sites (tertiary alicyclic amines) is 1. The molecule has 0 saturated carbocycles. The average Bonchev–Trinajstić information content (AvgIpc) is 3.27. The Morgan fingerprint density at radius 1 is 1.15 bits per heavy atom. The van der Waals surface area contributed by atoms with Crippen LogP contribution < -0.4 is 27.8 Å². The molecule has 1 fully saturated rings. The van der Waals surface area contributed by atoms with Gasteiger partial charge in [0.1, 0.15) is 18.1 Å². The highest BCUT2D eigenvalue weighted by Gasteiger charge is 2.39. The third kappa shape index (κ3) is 8.47. The van der Waals surface area contributed by atoms with E-state index >= 15 is 0 Å². The Hall–Kier alpha value is -2.89. The second-order valence-electron chi connectivity index (χ2n) is 9.18. The fraction of sp³-hybridized carbons (Fsp3) is 0.773. The molecule has 5 atom stereocenters. The van der Waals surface area contributed by atoms with Gasteiger partial charge in [-0.2, -0.15) is 0 Å². The molecule has 0 aliphatic carbocycles. The summed E-state index contributed by atoms with van der Waals surface area (Å²) in [6.45, 7) is 7.80. The van der Waals surface area contributed by atoms with Gasteiger partial charge in [-0.1, -0.05) is 34.1 Å². The molecule has 34 heavy (non-hydrogen) atoms. The van der Waals surface area contributed by atoms with Crippen molar-refractivity contribution < 1.29 is 24.3 Å². The van der Waals surface area contributed by atoms with Gasteiger partial charge in [0.25, 0.3) is 0 Å². The zero-order valence-corrected chi connectivity index (χ0v) is 20.6. The van der Waals surface area contributed by atoms with E-state index in [-0.39, 0.29) is 30.8 Å². The molecule has 1 rings (SSSR count). The molecule has 0 spiro atoms.